The number of carbonyl (C=O) groups excluding carboxylic acids is 1. The molecule has 1 aromatic carbocycles. The summed E-state index contributed by atoms with van der Waals surface area (Å²) in [6.45, 7) is 6.90. The number of hydrogen-bond acceptors (Lipinski definition) is 2. The van der Waals surface area contributed by atoms with E-state index in [-0.39, 0.29) is 11.9 Å². The summed E-state index contributed by atoms with van der Waals surface area (Å²) in [6, 6.07) is 10.4. The van der Waals surface area contributed by atoms with Gasteiger partial charge in [0.1, 0.15) is 0 Å². The van der Waals surface area contributed by atoms with Gasteiger partial charge in [-0.2, -0.15) is 0 Å². The monoisotopic (exact) mass is 262 g/mol. The summed E-state index contributed by atoms with van der Waals surface area (Å²) in [6.07, 6.45) is 3.73. The van der Waals surface area contributed by atoms with Gasteiger partial charge in [0.05, 0.1) is 12.5 Å². The van der Waals surface area contributed by atoms with Crippen LogP contribution in [0.1, 0.15) is 57.9 Å². The molecule has 19 heavy (non-hydrogen) atoms. The molecular weight excluding hydrogens is 236 g/mol. The molecule has 0 amide bonds. The first-order valence-corrected chi connectivity index (χ1v) is 7.40. The van der Waals surface area contributed by atoms with Crippen LogP contribution in [-0.2, 0) is 9.53 Å². The van der Waals surface area contributed by atoms with Crippen molar-refractivity contribution in [3.63, 3.8) is 0 Å². The van der Waals surface area contributed by atoms with Crippen LogP contribution in [0.25, 0.3) is 0 Å². The Labute approximate surface area is 117 Å². The quantitative estimate of drug-likeness (QED) is 0.507. The minimum Gasteiger partial charge on any atom is -0.465 e. The Morgan fingerprint density at radius 1 is 1.21 bits per heavy atom. The zero-order chi connectivity index (χ0) is 14.1. The van der Waals surface area contributed by atoms with Gasteiger partial charge in [0.2, 0.25) is 0 Å². The Morgan fingerprint density at radius 3 is 2.47 bits per heavy atom. The number of esters is 1. The first-order chi connectivity index (χ1) is 9.19. The van der Waals surface area contributed by atoms with Gasteiger partial charge in [-0.25, -0.2) is 0 Å². The van der Waals surface area contributed by atoms with Crippen molar-refractivity contribution < 1.29 is 9.53 Å². The molecule has 2 atom stereocenters. The third-order valence-electron chi connectivity index (χ3n) is 3.58. The minimum atomic E-state index is -0.0290. The van der Waals surface area contributed by atoms with Crippen molar-refractivity contribution in [3.05, 3.63) is 35.9 Å². The lowest BCUT2D eigenvalue weighted by Crippen LogP contribution is -2.19. The van der Waals surface area contributed by atoms with E-state index in [1.807, 2.05) is 18.2 Å². The third-order valence-corrected chi connectivity index (χ3v) is 3.58. The van der Waals surface area contributed by atoms with Crippen LogP contribution in [0.5, 0.6) is 0 Å². The van der Waals surface area contributed by atoms with Crippen LogP contribution in [0.3, 0.4) is 0 Å². The van der Waals surface area contributed by atoms with Crippen LogP contribution < -0.4 is 0 Å². The zero-order valence-electron chi connectivity index (χ0n) is 12.4. The highest BCUT2D eigenvalue weighted by Crippen LogP contribution is 2.25. The number of hydrogen-bond donors (Lipinski definition) is 0. The standard InChI is InChI=1S/C17H26O2/c1-4-6-12-19-17(18)15(5-2)13-14(3)16-10-8-7-9-11-16/h7-11,14-15H,4-6,12-13H2,1-3H3. The molecule has 0 spiro atoms. The highest BCUT2D eigenvalue weighted by molar-refractivity contribution is 5.72. The molecule has 0 aliphatic heterocycles. The lowest BCUT2D eigenvalue weighted by atomic mass is 9.89. The van der Waals surface area contributed by atoms with E-state index in [1.54, 1.807) is 0 Å². The average molecular weight is 262 g/mol. The summed E-state index contributed by atoms with van der Waals surface area (Å²) in [7, 11) is 0. The topological polar surface area (TPSA) is 26.3 Å². The van der Waals surface area contributed by atoms with Crippen LogP contribution in [-0.4, -0.2) is 12.6 Å². The van der Waals surface area contributed by atoms with E-state index in [4.69, 9.17) is 4.74 Å². The molecule has 0 aliphatic rings. The van der Waals surface area contributed by atoms with Crippen molar-refractivity contribution in [1.29, 1.82) is 0 Å². The van der Waals surface area contributed by atoms with Gasteiger partial charge in [-0.3, -0.25) is 4.79 Å². The predicted octanol–water partition coefficient (Wildman–Crippen LogP) is 4.55. The number of unbranched alkanes of at least 4 members (excludes halogenated alkanes) is 1. The lowest BCUT2D eigenvalue weighted by Gasteiger charge is -2.19. The molecule has 0 N–H and O–H groups in total. The maximum absolute atomic E-state index is 12.0. The SMILES string of the molecule is CCCCOC(=O)C(CC)CC(C)c1ccccc1. The van der Waals surface area contributed by atoms with Crippen molar-refractivity contribution in [1.82, 2.24) is 0 Å². The fourth-order valence-corrected chi connectivity index (χ4v) is 2.21. The van der Waals surface area contributed by atoms with Crippen LogP contribution in [0.15, 0.2) is 30.3 Å². The summed E-state index contributed by atoms with van der Waals surface area (Å²) in [5.41, 5.74) is 1.29. The van der Waals surface area contributed by atoms with Gasteiger partial charge in [0, 0.05) is 0 Å². The first-order valence-electron chi connectivity index (χ1n) is 7.40. The summed E-state index contributed by atoms with van der Waals surface area (Å²) >= 11 is 0. The Balaban J connectivity index is 2.49. The Bertz CT molecular complexity index is 359. The van der Waals surface area contributed by atoms with Gasteiger partial charge in [-0.05, 0) is 30.7 Å². The molecular formula is C17H26O2. The molecule has 0 aliphatic carbocycles. The summed E-state index contributed by atoms with van der Waals surface area (Å²) in [5.74, 6) is 0.385. The Kier molecular flexibility index (Phi) is 7.24. The normalized spacial score (nSPS) is 13.8. The van der Waals surface area contributed by atoms with Crippen LogP contribution in [0.2, 0.25) is 0 Å². The largest absolute Gasteiger partial charge is 0.465 e. The van der Waals surface area contributed by atoms with Crippen molar-refractivity contribution in [2.45, 2.75) is 52.4 Å². The summed E-state index contributed by atoms with van der Waals surface area (Å²) in [5, 5.41) is 0. The maximum atomic E-state index is 12.0. The van der Waals surface area contributed by atoms with Gasteiger partial charge >= 0.3 is 5.97 Å². The number of carbonyl (C=O) groups is 1. The Hall–Kier alpha value is -1.31. The van der Waals surface area contributed by atoms with E-state index in [9.17, 15) is 4.79 Å². The Morgan fingerprint density at radius 2 is 1.89 bits per heavy atom. The maximum Gasteiger partial charge on any atom is 0.308 e. The van der Waals surface area contributed by atoms with Crippen molar-refractivity contribution >= 4 is 5.97 Å². The molecule has 106 valence electrons. The molecule has 0 saturated heterocycles. The molecule has 1 aromatic rings. The van der Waals surface area contributed by atoms with Gasteiger partial charge in [-0.15, -0.1) is 0 Å². The molecule has 2 heteroatoms. The molecule has 0 fully saturated rings. The molecule has 2 nitrogen and oxygen atoms in total. The number of benzene rings is 1. The second kappa shape index (κ2) is 8.73. The highest BCUT2D eigenvalue weighted by atomic mass is 16.5. The fraction of sp³-hybridized carbons (Fsp3) is 0.588. The van der Waals surface area contributed by atoms with Crippen LogP contribution in [0.4, 0.5) is 0 Å². The van der Waals surface area contributed by atoms with Crippen molar-refractivity contribution in [2.75, 3.05) is 6.61 Å². The average Bonchev–Trinajstić information content (AvgIpc) is 2.45. The van der Waals surface area contributed by atoms with E-state index < -0.39 is 0 Å². The minimum absolute atomic E-state index is 0.0204. The molecule has 2 unspecified atom stereocenters. The molecule has 0 saturated carbocycles. The van der Waals surface area contributed by atoms with Gasteiger partial charge in [0.15, 0.2) is 0 Å². The van der Waals surface area contributed by atoms with Crippen LogP contribution in [0, 0.1) is 5.92 Å². The summed E-state index contributed by atoms with van der Waals surface area (Å²) < 4.78 is 5.33. The molecule has 0 bridgehead atoms. The highest BCUT2D eigenvalue weighted by Gasteiger charge is 2.21. The molecule has 0 heterocycles. The van der Waals surface area contributed by atoms with Crippen LogP contribution >= 0.6 is 0 Å². The fourth-order valence-electron chi connectivity index (χ4n) is 2.21. The zero-order valence-corrected chi connectivity index (χ0v) is 12.4. The van der Waals surface area contributed by atoms with E-state index in [0.29, 0.717) is 12.5 Å². The predicted molar refractivity (Wildman–Crippen MR) is 79.1 cm³/mol. The third kappa shape index (κ3) is 5.46. The van der Waals surface area contributed by atoms with Gasteiger partial charge in [0.25, 0.3) is 0 Å². The molecule has 0 radical (unpaired) electrons. The lowest BCUT2D eigenvalue weighted by molar-refractivity contribution is -0.149. The van der Waals surface area contributed by atoms with E-state index in [1.165, 1.54) is 5.56 Å². The second-order valence-corrected chi connectivity index (χ2v) is 5.17. The van der Waals surface area contributed by atoms with E-state index >= 15 is 0 Å². The smallest absolute Gasteiger partial charge is 0.308 e. The number of ether oxygens (including phenoxy) is 1. The van der Waals surface area contributed by atoms with Crippen molar-refractivity contribution in [2.24, 2.45) is 5.92 Å². The molecule has 0 aromatic heterocycles. The van der Waals surface area contributed by atoms with E-state index in [0.717, 1.165) is 25.7 Å². The van der Waals surface area contributed by atoms with E-state index in [2.05, 4.69) is 32.9 Å². The van der Waals surface area contributed by atoms with Gasteiger partial charge < -0.3 is 4.74 Å². The first kappa shape index (κ1) is 15.7. The van der Waals surface area contributed by atoms with Crippen molar-refractivity contribution in [3.8, 4) is 0 Å². The summed E-state index contributed by atoms with van der Waals surface area (Å²) in [4.78, 5) is 12.0. The van der Waals surface area contributed by atoms with Gasteiger partial charge in [-0.1, -0.05) is 57.5 Å². The molecule has 1 rings (SSSR count). The number of rotatable bonds is 8. The second-order valence-electron chi connectivity index (χ2n) is 5.17.